The number of aliphatic hydroxyl groups is 1. The van der Waals surface area contributed by atoms with Crippen molar-refractivity contribution in [3.63, 3.8) is 0 Å². The summed E-state index contributed by atoms with van der Waals surface area (Å²) in [5.41, 5.74) is 6.81. The Labute approximate surface area is 94.7 Å². The van der Waals surface area contributed by atoms with Crippen LogP contribution in [0.3, 0.4) is 0 Å². The van der Waals surface area contributed by atoms with Crippen LogP contribution in [0.1, 0.15) is 18.4 Å². The number of nitrogens with two attached hydrogens (primary N) is 1. The van der Waals surface area contributed by atoms with E-state index in [0.29, 0.717) is 18.8 Å². The van der Waals surface area contributed by atoms with Crippen LogP contribution in [-0.2, 0) is 6.54 Å². The molecule has 1 aliphatic heterocycles. The average molecular weight is 224 g/mol. The molecule has 4 heteroatoms. The Hall–Kier alpha value is -1.13. The van der Waals surface area contributed by atoms with Gasteiger partial charge in [0.2, 0.25) is 0 Å². The molecule has 0 bridgehead atoms. The van der Waals surface area contributed by atoms with E-state index in [0.717, 1.165) is 24.9 Å². The fourth-order valence-corrected chi connectivity index (χ4v) is 2.11. The molecule has 0 radical (unpaired) electrons. The number of nitrogens with zero attached hydrogens (tertiary/aromatic N) is 1. The molecule has 1 aliphatic rings. The molecule has 1 aromatic rings. The normalized spacial score (nSPS) is 21.2. The standard InChI is InChI=1S/C12H17FN2O/c13-11-6-9(7-14)3-4-12(11)15-5-1-2-10(16)8-15/h3-4,6,10,16H,1-2,5,7-8,14H2. The molecule has 88 valence electrons. The zero-order valence-electron chi connectivity index (χ0n) is 9.19. The van der Waals surface area contributed by atoms with E-state index in [-0.39, 0.29) is 11.9 Å². The van der Waals surface area contributed by atoms with Crippen LogP contribution in [0.2, 0.25) is 0 Å². The van der Waals surface area contributed by atoms with Gasteiger partial charge in [0.15, 0.2) is 0 Å². The van der Waals surface area contributed by atoms with E-state index in [1.165, 1.54) is 6.07 Å². The summed E-state index contributed by atoms with van der Waals surface area (Å²) in [5.74, 6) is -0.253. The van der Waals surface area contributed by atoms with Gasteiger partial charge in [-0.25, -0.2) is 4.39 Å². The minimum Gasteiger partial charge on any atom is -0.391 e. The van der Waals surface area contributed by atoms with Crippen LogP contribution < -0.4 is 10.6 Å². The highest BCUT2D eigenvalue weighted by molar-refractivity contribution is 5.49. The summed E-state index contributed by atoms with van der Waals surface area (Å²) in [7, 11) is 0. The molecule has 1 fully saturated rings. The molecule has 1 aromatic carbocycles. The number of β-amino-alcohol motifs (C(OH)–C–C–N with tert-alkyl or cyclic N) is 1. The van der Waals surface area contributed by atoms with Crippen LogP contribution in [-0.4, -0.2) is 24.3 Å². The molecular weight excluding hydrogens is 207 g/mol. The Morgan fingerprint density at radius 1 is 1.50 bits per heavy atom. The Kier molecular flexibility index (Phi) is 3.41. The van der Waals surface area contributed by atoms with Crippen molar-refractivity contribution in [3.8, 4) is 0 Å². The highest BCUT2D eigenvalue weighted by Gasteiger charge is 2.20. The first-order valence-electron chi connectivity index (χ1n) is 5.62. The first-order valence-corrected chi connectivity index (χ1v) is 5.62. The SMILES string of the molecule is NCc1ccc(N2CCCC(O)C2)c(F)c1. The number of piperidine rings is 1. The molecule has 0 amide bonds. The largest absolute Gasteiger partial charge is 0.391 e. The van der Waals surface area contributed by atoms with Crippen molar-refractivity contribution in [1.82, 2.24) is 0 Å². The van der Waals surface area contributed by atoms with Gasteiger partial charge in [0.1, 0.15) is 5.82 Å². The van der Waals surface area contributed by atoms with Gasteiger partial charge in [0.05, 0.1) is 11.8 Å². The quantitative estimate of drug-likeness (QED) is 0.794. The van der Waals surface area contributed by atoms with Crippen molar-refractivity contribution in [1.29, 1.82) is 0 Å². The van der Waals surface area contributed by atoms with Gasteiger partial charge in [0.25, 0.3) is 0 Å². The van der Waals surface area contributed by atoms with E-state index in [4.69, 9.17) is 5.73 Å². The van der Waals surface area contributed by atoms with Gasteiger partial charge in [-0.3, -0.25) is 0 Å². The molecule has 1 heterocycles. The molecule has 0 aliphatic carbocycles. The number of hydrogen-bond acceptors (Lipinski definition) is 3. The van der Waals surface area contributed by atoms with Gasteiger partial charge in [0, 0.05) is 19.6 Å². The predicted molar refractivity (Wildman–Crippen MR) is 61.7 cm³/mol. The number of hydrogen-bond donors (Lipinski definition) is 2. The number of aliphatic hydroxyl groups excluding tert-OH is 1. The lowest BCUT2D eigenvalue weighted by Gasteiger charge is -2.32. The van der Waals surface area contributed by atoms with Crippen LogP contribution in [0, 0.1) is 5.82 Å². The summed E-state index contributed by atoms with van der Waals surface area (Å²) in [6.45, 7) is 1.66. The zero-order chi connectivity index (χ0) is 11.5. The summed E-state index contributed by atoms with van der Waals surface area (Å²) in [6, 6.07) is 5.05. The highest BCUT2D eigenvalue weighted by Crippen LogP contribution is 2.24. The summed E-state index contributed by atoms with van der Waals surface area (Å²) in [6.07, 6.45) is 1.36. The molecule has 0 aromatic heterocycles. The second-order valence-electron chi connectivity index (χ2n) is 4.23. The van der Waals surface area contributed by atoms with Gasteiger partial charge in [-0.1, -0.05) is 6.07 Å². The minimum atomic E-state index is -0.345. The Morgan fingerprint density at radius 3 is 2.94 bits per heavy atom. The molecule has 0 spiro atoms. The number of benzene rings is 1. The fourth-order valence-electron chi connectivity index (χ4n) is 2.11. The summed E-state index contributed by atoms with van der Waals surface area (Å²) in [4.78, 5) is 1.89. The smallest absolute Gasteiger partial charge is 0.146 e. The molecule has 1 saturated heterocycles. The predicted octanol–water partition coefficient (Wildman–Crippen LogP) is 1.25. The van der Waals surface area contributed by atoms with Crippen molar-refractivity contribution < 1.29 is 9.50 Å². The third kappa shape index (κ3) is 2.33. The molecule has 0 saturated carbocycles. The number of anilines is 1. The second-order valence-corrected chi connectivity index (χ2v) is 4.23. The van der Waals surface area contributed by atoms with Gasteiger partial charge in [-0.15, -0.1) is 0 Å². The van der Waals surface area contributed by atoms with E-state index in [1.807, 2.05) is 11.0 Å². The molecule has 2 rings (SSSR count). The number of halogens is 1. The van der Waals surface area contributed by atoms with Crippen molar-refractivity contribution in [2.75, 3.05) is 18.0 Å². The van der Waals surface area contributed by atoms with Gasteiger partial charge in [-0.2, -0.15) is 0 Å². The van der Waals surface area contributed by atoms with Crippen molar-refractivity contribution in [3.05, 3.63) is 29.6 Å². The van der Waals surface area contributed by atoms with Crippen molar-refractivity contribution in [2.24, 2.45) is 5.73 Å². The Morgan fingerprint density at radius 2 is 2.31 bits per heavy atom. The van der Waals surface area contributed by atoms with Crippen LogP contribution in [0.15, 0.2) is 18.2 Å². The van der Waals surface area contributed by atoms with Crippen LogP contribution >= 0.6 is 0 Å². The van der Waals surface area contributed by atoms with Crippen LogP contribution in [0.25, 0.3) is 0 Å². The van der Waals surface area contributed by atoms with E-state index in [1.54, 1.807) is 6.07 Å². The van der Waals surface area contributed by atoms with Gasteiger partial charge in [-0.05, 0) is 30.5 Å². The third-order valence-electron chi connectivity index (χ3n) is 2.98. The maximum Gasteiger partial charge on any atom is 0.146 e. The van der Waals surface area contributed by atoms with Crippen molar-refractivity contribution >= 4 is 5.69 Å². The van der Waals surface area contributed by atoms with E-state index in [9.17, 15) is 9.50 Å². The lowest BCUT2D eigenvalue weighted by molar-refractivity contribution is 0.154. The van der Waals surface area contributed by atoms with Crippen LogP contribution in [0.5, 0.6) is 0 Å². The summed E-state index contributed by atoms with van der Waals surface area (Å²) >= 11 is 0. The summed E-state index contributed by atoms with van der Waals surface area (Å²) in [5, 5.41) is 9.55. The third-order valence-corrected chi connectivity index (χ3v) is 2.98. The lowest BCUT2D eigenvalue weighted by atomic mass is 10.1. The fraction of sp³-hybridized carbons (Fsp3) is 0.500. The minimum absolute atomic E-state index is 0.253. The van der Waals surface area contributed by atoms with Gasteiger partial charge < -0.3 is 15.7 Å². The molecular formula is C12H17FN2O. The maximum absolute atomic E-state index is 13.8. The van der Waals surface area contributed by atoms with E-state index < -0.39 is 0 Å². The lowest BCUT2D eigenvalue weighted by Crippen LogP contribution is -2.38. The molecule has 16 heavy (non-hydrogen) atoms. The first kappa shape index (κ1) is 11.4. The topological polar surface area (TPSA) is 49.5 Å². The van der Waals surface area contributed by atoms with E-state index in [2.05, 4.69) is 0 Å². The molecule has 3 N–H and O–H groups in total. The highest BCUT2D eigenvalue weighted by atomic mass is 19.1. The second kappa shape index (κ2) is 4.80. The van der Waals surface area contributed by atoms with Crippen molar-refractivity contribution in [2.45, 2.75) is 25.5 Å². The van der Waals surface area contributed by atoms with E-state index >= 15 is 0 Å². The number of rotatable bonds is 2. The first-order chi connectivity index (χ1) is 7.70. The Bertz CT molecular complexity index is 370. The van der Waals surface area contributed by atoms with Gasteiger partial charge >= 0.3 is 0 Å². The monoisotopic (exact) mass is 224 g/mol. The Balaban J connectivity index is 2.19. The molecule has 1 atom stereocenters. The zero-order valence-corrected chi connectivity index (χ0v) is 9.19. The van der Waals surface area contributed by atoms with Crippen LogP contribution in [0.4, 0.5) is 10.1 Å². The average Bonchev–Trinajstić information content (AvgIpc) is 2.28. The summed E-state index contributed by atoms with van der Waals surface area (Å²) < 4.78 is 13.8. The molecule has 1 unspecified atom stereocenters. The molecule has 3 nitrogen and oxygen atoms in total. The maximum atomic E-state index is 13.8.